The lowest BCUT2D eigenvalue weighted by atomic mass is 10.2. The molecular formula is C15H15FN2O4S. The third-order valence-corrected chi connectivity index (χ3v) is 4.43. The van der Waals surface area contributed by atoms with Gasteiger partial charge in [-0.3, -0.25) is 10.1 Å². The third-order valence-electron chi connectivity index (χ3n) is 3.32. The zero-order valence-corrected chi connectivity index (χ0v) is 13.4. The van der Waals surface area contributed by atoms with Crippen LogP contribution in [-0.4, -0.2) is 26.6 Å². The second-order valence-electron chi connectivity index (χ2n) is 5.16. The lowest BCUT2D eigenvalue weighted by Gasteiger charge is -2.19. The summed E-state index contributed by atoms with van der Waals surface area (Å²) < 4.78 is 36.0. The van der Waals surface area contributed by atoms with E-state index in [1.165, 1.54) is 24.3 Å². The Morgan fingerprint density at radius 1 is 1.17 bits per heavy atom. The number of nitrogens with zero attached hydrogens (tertiary/aromatic N) is 2. The largest absolute Gasteiger partial charge is 0.365 e. The highest BCUT2D eigenvalue weighted by molar-refractivity contribution is 7.90. The summed E-state index contributed by atoms with van der Waals surface area (Å²) in [5.74, 6) is -0.361. The number of hydrogen-bond donors (Lipinski definition) is 0. The average Bonchev–Trinajstić information content (AvgIpc) is 2.48. The van der Waals surface area contributed by atoms with E-state index in [-0.39, 0.29) is 22.1 Å². The van der Waals surface area contributed by atoms with Gasteiger partial charge in [0.15, 0.2) is 9.84 Å². The van der Waals surface area contributed by atoms with Crippen molar-refractivity contribution in [2.24, 2.45) is 0 Å². The molecule has 0 N–H and O–H groups in total. The summed E-state index contributed by atoms with van der Waals surface area (Å²) in [6.45, 7) is 0.319. The zero-order chi connectivity index (χ0) is 17.2. The highest BCUT2D eigenvalue weighted by atomic mass is 32.2. The van der Waals surface area contributed by atoms with Crippen molar-refractivity contribution in [3.63, 3.8) is 0 Å². The Kier molecular flexibility index (Phi) is 4.65. The number of rotatable bonds is 5. The first kappa shape index (κ1) is 16.9. The Balaban J connectivity index is 2.37. The van der Waals surface area contributed by atoms with Crippen molar-refractivity contribution in [2.75, 3.05) is 18.2 Å². The van der Waals surface area contributed by atoms with Gasteiger partial charge in [0.05, 0.1) is 9.82 Å². The van der Waals surface area contributed by atoms with Gasteiger partial charge in [-0.15, -0.1) is 0 Å². The van der Waals surface area contributed by atoms with Crippen molar-refractivity contribution in [1.29, 1.82) is 0 Å². The molecule has 0 unspecified atom stereocenters. The first-order chi connectivity index (χ1) is 10.7. The van der Waals surface area contributed by atoms with Gasteiger partial charge in [0.1, 0.15) is 11.5 Å². The molecule has 0 saturated heterocycles. The quantitative estimate of drug-likeness (QED) is 0.618. The second-order valence-corrected chi connectivity index (χ2v) is 7.18. The van der Waals surface area contributed by atoms with Crippen LogP contribution >= 0.6 is 0 Å². The molecule has 2 aromatic rings. The van der Waals surface area contributed by atoms with E-state index in [0.717, 1.165) is 17.9 Å². The predicted octanol–water partition coefficient (Wildman–Crippen LogP) is 2.77. The van der Waals surface area contributed by atoms with Gasteiger partial charge < -0.3 is 4.90 Å². The maximum absolute atomic E-state index is 12.9. The summed E-state index contributed by atoms with van der Waals surface area (Å²) >= 11 is 0. The van der Waals surface area contributed by atoms with Gasteiger partial charge in [-0.1, -0.05) is 12.1 Å². The van der Waals surface area contributed by atoms with Gasteiger partial charge in [0.25, 0.3) is 5.69 Å². The van der Waals surface area contributed by atoms with E-state index in [1.807, 2.05) is 0 Å². The highest BCUT2D eigenvalue weighted by Gasteiger charge is 2.21. The number of anilines is 1. The molecule has 0 aliphatic rings. The van der Waals surface area contributed by atoms with Gasteiger partial charge in [0, 0.05) is 25.9 Å². The fourth-order valence-electron chi connectivity index (χ4n) is 2.15. The van der Waals surface area contributed by atoms with Crippen LogP contribution in [0.15, 0.2) is 47.4 Å². The zero-order valence-electron chi connectivity index (χ0n) is 12.6. The van der Waals surface area contributed by atoms with E-state index in [4.69, 9.17) is 0 Å². The molecule has 0 aliphatic carbocycles. The van der Waals surface area contributed by atoms with Crippen LogP contribution in [0.4, 0.5) is 15.8 Å². The van der Waals surface area contributed by atoms with E-state index in [9.17, 15) is 22.9 Å². The van der Waals surface area contributed by atoms with Crippen LogP contribution in [0.1, 0.15) is 5.56 Å². The monoisotopic (exact) mass is 338 g/mol. The molecular weight excluding hydrogens is 323 g/mol. The predicted molar refractivity (Wildman–Crippen MR) is 84.7 cm³/mol. The number of nitro groups is 1. The molecule has 2 rings (SSSR count). The molecule has 8 heteroatoms. The topological polar surface area (TPSA) is 80.5 Å². The average molecular weight is 338 g/mol. The number of hydrogen-bond acceptors (Lipinski definition) is 5. The molecule has 0 aromatic heterocycles. The van der Waals surface area contributed by atoms with Crippen LogP contribution in [0, 0.1) is 15.9 Å². The summed E-state index contributed by atoms with van der Waals surface area (Å²) in [4.78, 5) is 12.1. The minimum Gasteiger partial charge on any atom is -0.365 e. The van der Waals surface area contributed by atoms with E-state index in [2.05, 4.69) is 0 Å². The van der Waals surface area contributed by atoms with E-state index in [0.29, 0.717) is 6.54 Å². The van der Waals surface area contributed by atoms with Crippen molar-refractivity contribution in [2.45, 2.75) is 11.4 Å². The van der Waals surface area contributed by atoms with E-state index >= 15 is 0 Å². The number of benzene rings is 2. The van der Waals surface area contributed by atoms with Crippen LogP contribution in [0.3, 0.4) is 0 Å². The van der Waals surface area contributed by atoms with Gasteiger partial charge in [-0.25, -0.2) is 12.8 Å². The highest BCUT2D eigenvalue weighted by Crippen LogP contribution is 2.31. The van der Waals surface area contributed by atoms with Gasteiger partial charge >= 0.3 is 0 Å². The first-order valence-electron chi connectivity index (χ1n) is 6.62. The maximum Gasteiger partial charge on any atom is 0.293 e. The van der Waals surface area contributed by atoms with Crippen molar-refractivity contribution in [3.05, 3.63) is 64.0 Å². The van der Waals surface area contributed by atoms with Crippen molar-refractivity contribution in [1.82, 2.24) is 0 Å². The fourth-order valence-corrected chi connectivity index (χ4v) is 2.79. The van der Waals surface area contributed by atoms with Crippen molar-refractivity contribution < 1.29 is 17.7 Å². The molecule has 0 radical (unpaired) electrons. The van der Waals surface area contributed by atoms with Gasteiger partial charge in [-0.05, 0) is 29.8 Å². The third kappa shape index (κ3) is 4.04. The smallest absolute Gasteiger partial charge is 0.293 e. The Morgan fingerprint density at radius 2 is 1.78 bits per heavy atom. The van der Waals surface area contributed by atoms with E-state index < -0.39 is 14.8 Å². The van der Waals surface area contributed by atoms with Crippen LogP contribution in [-0.2, 0) is 16.4 Å². The van der Waals surface area contributed by atoms with E-state index in [1.54, 1.807) is 24.1 Å². The molecule has 0 aliphatic heterocycles. The number of nitro benzene ring substituents is 1. The van der Waals surface area contributed by atoms with Crippen LogP contribution in [0.25, 0.3) is 0 Å². The first-order valence-corrected chi connectivity index (χ1v) is 8.51. The molecule has 0 amide bonds. The summed E-state index contributed by atoms with van der Waals surface area (Å²) in [6.07, 6.45) is 0.994. The normalized spacial score (nSPS) is 11.3. The molecule has 2 aromatic carbocycles. The molecule has 0 fully saturated rings. The van der Waals surface area contributed by atoms with Gasteiger partial charge in [-0.2, -0.15) is 0 Å². The van der Waals surface area contributed by atoms with Crippen LogP contribution < -0.4 is 4.90 Å². The Hall–Kier alpha value is -2.48. The molecule has 0 heterocycles. The Bertz CT molecular complexity index is 835. The molecule has 122 valence electrons. The maximum atomic E-state index is 12.9. The van der Waals surface area contributed by atoms with Gasteiger partial charge in [0.2, 0.25) is 0 Å². The van der Waals surface area contributed by atoms with Crippen molar-refractivity contribution in [3.8, 4) is 0 Å². The second kappa shape index (κ2) is 6.33. The SMILES string of the molecule is CN(Cc1ccc(F)cc1)c1ccc(S(C)(=O)=O)cc1[N+](=O)[O-]. The molecule has 0 saturated carbocycles. The standard InChI is InChI=1S/C15H15FN2O4S/c1-17(10-11-3-5-12(16)6-4-11)14-8-7-13(23(2,21)22)9-15(14)18(19)20/h3-9H,10H2,1-2H3. The summed E-state index contributed by atoms with van der Waals surface area (Å²) in [6, 6.07) is 9.57. The van der Waals surface area contributed by atoms with Crippen molar-refractivity contribution >= 4 is 21.2 Å². The molecule has 23 heavy (non-hydrogen) atoms. The molecule has 0 atom stereocenters. The fraction of sp³-hybridized carbons (Fsp3) is 0.200. The molecule has 6 nitrogen and oxygen atoms in total. The summed E-state index contributed by atoms with van der Waals surface area (Å²) in [5.41, 5.74) is 0.764. The number of sulfone groups is 1. The molecule has 0 spiro atoms. The molecule has 0 bridgehead atoms. The minimum absolute atomic E-state index is 0.108. The Labute approximate surface area is 133 Å². The van der Waals surface area contributed by atoms with Crippen LogP contribution in [0.2, 0.25) is 0 Å². The Morgan fingerprint density at radius 3 is 2.30 bits per heavy atom. The lowest BCUT2D eigenvalue weighted by Crippen LogP contribution is -2.18. The number of halogens is 1. The summed E-state index contributed by atoms with van der Waals surface area (Å²) in [5, 5.41) is 11.2. The lowest BCUT2D eigenvalue weighted by molar-refractivity contribution is -0.384. The summed E-state index contributed by atoms with van der Waals surface area (Å²) in [7, 11) is -1.88. The van der Waals surface area contributed by atoms with Crippen LogP contribution in [0.5, 0.6) is 0 Å². The minimum atomic E-state index is -3.53.